The molecule has 18 heavy (non-hydrogen) atoms. The largest absolute Gasteiger partial charge is 0.369 e. The normalized spacial score (nSPS) is 11.2. The average molecular weight is 246 g/mol. The second-order valence-electron chi connectivity index (χ2n) is 4.02. The molecule has 92 valence electrons. The molecule has 0 saturated heterocycles. The molecule has 1 aromatic carbocycles. The molecule has 7 heteroatoms. The SMILES string of the molecule is Cn1cnnc1Cn1c(N)nc2cccc(F)c21. The molecule has 0 bridgehead atoms. The van der Waals surface area contributed by atoms with Gasteiger partial charge in [-0.15, -0.1) is 10.2 Å². The number of fused-ring (bicyclic) bond motifs is 1. The summed E-state index contributed by atoms with van der Waals surface area (Å²) in [6.45, 7) is 0.333. The van der Waals surface area contributed by atoms with E-state index >= 15 is 0 Å². The summed E-state index contributed by atoms with van der Waals surface area (Å²) in [6.07, 6.45) is 1.58. The van der Waals surface area contributed by atoms with Gasteiger partial charge in [0.25, 0.3) is 0 Å². The molecule has 0 aliphatic carbocycles. The van der Waals surface area contributed by atoms with Gasteiger partial charge in [0.15, 0.2) is 5.82 Å². The van der Waals surface area contributed by atoms with Crippen LogP contribution in [0.15, 0.2) is 24.5 Å². The van der Waals surface area contributed by atoms with Gasteiger partial charge in [0, 0.05) is 7.05 Å². The molecular formula is C11H11FN6. The molecule has 0 spiro atoms. The van der Waals surface area contributed by atoms with E-state index in [0.717, 1.165) is 0 Å². The van der Waals surface area contributed by atoms with E-state index in [1.54, 1.807) is 27.6 Å². The Bertz CT molecular complexity index is 713. The maximum Gasteiger partial charge on any atom is 0.201 e. The van der Waals surface area contributed by atoms with Gasteiger partial charge in [-0.05, 0) is 12.1 Å². The Morgan fingerprint density at radius 3 is 2.94 bits per heavy atom. The molecule has 0 amide bonds. The van der Waals surface area contributed by atoms with Gasteiger partial charge in [-0.1, -0.05) is 6.07 Å². The Kier molecular flexibility index (Phi) is 2.26. The van der Waals surface area contributed by atoms with Gasteiger partial charge in [0.2, 0.25) is 5.95 Å². The van der Waals surface area contributed by atoms with Crippen molar-refractivity contribution in [1.82, 2.24) is 24.3 Å². The number of benzene rings is 1. The van der Waals surface area contributed by atoms with Crippen molar-refractivity contribution in [3.05, 3.63) is 36.2 Å². The van der Waals surface area contributed by atoms with Crippen LogP contribution in [0.5, 0.6) is 0 Å². The number of hydrogen-bond donors (Lipinski definition) is 1. The fraction of sp³-hybridized carbons (Fsp3) is 0.182. The third-order valence-corrected chi connectivity index (χ3v) is 2.85. The predicted octanol–water partition coefficient (Wildman–Crippen LogP) is 0.934. The monoisotopic (exact) mass is 246 g/mol. The summed E-state index contributed by atoms with van der Waals surface area (Å²) in [4.78, 5) is 4.13. The number of hydrogen-bond acceptors (Lipinski definition) is 4. The number of aryl methyl sites for hydroxylation is 1. The molecule has 0 unspecified atom stereocenters. The molecule has 3 aromatic rings. The number of nitrogens with two attached hydrogens (primary N) is 1. The van der Waals surface area contributed by atoms with Crippen LogP contribution >= 0.6 is 0 Å². The van der Waals surface area contributed by atoms with Crippen LogP contribution in [-0.4, -0.2) is 24.3 Å². The Balaban J connectivity index is 2.17. The highest BCUT2D eigenvalue weighted by molar-refractivity contribution is 5.78. The lowest BCUT2D eigenvalue weighted by Gasteiger charge is -2.06. The van der Waals surface area contributed by atoms with Crippen molar-refractivity contribution < 1.29 is 4.39 Å². The molecule has 0 saturated carbocycles. The van der Waals surface area contributed by atoms with E-state index in [0.29, 0.717) is 23.4 Å². The summed E-state index contributed by atoms with van der Waals surface area (Å²) in [7, 11) is 1.82. The number of para-hydroxylation sites is 1. The Labute approximate surface area is 102 Å². The number of rotatable bonds is 2. The van der Waals surface area contributed by atoms with Crippen LogP contribution in [0.1, 0.15) is 5.82 Å². The van der Waals surface area contributed by atoms with E-state index < -0.39 is 0 Å². The third kappa shape index (κ3) is 1.52. The van der Waals surface area contributed by atoms with Gasteiger partial charge >= 0.3 is 0 Å². The zero-order valence-corrected chi connectivity index (χ0v) is 9.71. The van der Waals surface area contributed by atoms with Gasteiger partial charge in [-0.3, -0.25) is 0 Å². The maximum absolute atomic E-state index is 13.8. The smallest absolute Gasteiger partial charge is 0.201 e. The second-order valence-corrected chi connectivity index (χ2v) is 4.02. The van der Waals surface area contributed by atoms with Crippen molar-refractivity contribution in [2.75, 3.05) is 5.73 Å². The van der Waals surface area contributed by atoms with E-state index in [1.807, 2.05) is 7.05 Å². The topological polar surface area (TPSA) is 74.5 Å². The first-order valence-corrected chi connectivity index (χ1v) is 5.40. The van der Waals surface area contributed by atoms with Gasteiger partial charge < -0.3 is 14.9 Å². The third-order valence-electron chi connectivity index (χ3n) is 2.85. The van der Waals surface area contributed by atoms with Crippen molar-refractivity contribution in [3.63, 3.8) is 0 Å². The summed E-state index contributed by atoms with van der Waals surface area (Å²) in [5.41, 5.74) is 6.74. The number of imidazole rings is 1. The molecule has 0 aliphatic heterocycles. The minimum absolute atomic E-state index is 0.262. The Hall–Kier alpha value is -2.44. The molecule has 0 atom stereocenters. The first-order valence-electron chi connectivity index (χ1n) is 5.40. The number of halogens is 1. The standard InChI is InChI=1S/C11H11FN6/c1-17-6-14-16-9(17)5-18-10-7(12)3-2-4-8(10)15-11(18)13/h2-4,6H,5H2,1H3,(H2,13,15). The molecule has 3 rings (SSSR count). The molecule has 2 N–H and O–H groups in total. The molecule has 6 nitrogen and oxygen atoms in total. The number of aromatic nitrogens is 5. The maximum atomic E-state index is 13.8. The van der Waals surface area contributed by atoms with Crippen LogP contribution in [-0.2, 0) is 13.6 Å². The van der Waals surface area contributed by atoms with Crippen LogP contribution in [0, 0.1) is 5.82 Å². The lowest BCUT2D eigenvalue weighted by molar-refractivity contribution is 0.624. The summed E-state index contributed by atoms with van der Waals surface area (Å²) >= 11 is 0. The summed E-state index contributed by atoms with van der Waals surface area (Å²) in [6, 6.07) is 4.72. The lowest BCUT2D eigenvalue weighted by atomic mass is 10.3. The van der Waals surface area contributed by atoms with Crippen LogP contribution in [0.3, 0.4) is 0 Å². The quantitative estimate of drug-likeness (QED) is 0.730. The number of nitrogen functional groups attached to an aromatic ring is 1. The van der Waals surface area contributed by atoms with Crippen LogP contribution in [0.25, 0.3) is 11.0 Å². The minimum Gasteiger partial charge on any atom is -0.369 e. The van der Waals surface area contributed by atoms with Crippen LogP contribution in [0.4, 0.5) is 10.3 Å². The summed E-state index contributed by atoms with van der Waals surface area (Å²) < 4.78 is 17.2. The first kappa shape index (κ1) is 10.7. The number of anilines is 1. The minimum atomic E-state index is -0.348. The Morgan fingerprint density at radius 2 is 2.22 bits per heavy atom. The molecule has 0 fully saturated rings. The van der Waals surface area contributed by atoms with Crippen LogP contribution in [0.2, 0.25) is 0 Å². The molecule has 0 radical (unpaired) electrons. The zero-order chi connectivity index (χ0) is 12.7. The summed E-state index contributed by atoms with van der Waals surface area (Å²) in [5.74, 6) is 0.598. The molecule has 2 aromatic heterocycles. The summed E-state index contributed by atoms with van der Waals surface area (Å²) in [5, 5.41) is 7.73. The van der Waals surface area contributed by atoms with Crippen molar-refractivity contribution in [3.8, 4) is 0 Å². The van der Waals surface area contributed by atoms with E-state index in [4.69, 9.17) is 5.73 Å². The van der Waals surface area contributed by atoms with E-state index in [9.17, 15) is 4.39 Å². The fourth-order valence-electron chi connectivity index (χ4n) is 1.91. The van der Waals surface area contributed by atoms with Gasteiger partial charge in [-0.2, -0.15) is 0 Å². The van der Waals surface area contributed by atoms with Crippen molar-refractivity contribution in [2.24, 2.45) is 7.05 Å². The van der Waals surface area contributed by atoms with Gasteiger partial charge in [0.1, 0.15) is 17.7 Å². The van der Waals surface area contributed by atoms with E-state index in [-0.39, 0.29) is 11.8 Å². The molecule has 0 aliphatic rings. The van der Waals surface area contributed by atoms with Crippen molar-refractivity contribution >= 4 is 17.0 Å². The first-order chi connectivity index (χ1) is 8.66. The Morgan fingerprint density at radius 1 is 1.39 bits per heavy atom. The number of nitrogens with zero attached hydrogens (tertiary/aromatic N) is 5. The predicted molar refractivity (Wildman–Crippen MR) is 64.2 cm³/mol. The highest BCUT2D eigenvalue weighted by atomic mass is 19.1. The zero-order valence-electron chi connectivity index (χ0n) is 9.71. The van der Waals surface area contributed by atoms with Crippen molar-refractivity contribution in [2.45, 2.75) is 6.54 Å². The fourth-order valence-corrected chi connectivity index (χ4v) is 1.91. The van der Waals surface area contributed by atoms with Crippen LogP contribution < -0.4 is 5.73 Å². The van der Waals surface area contributed by atoms with E-state index in [1.165, 1.54) is 6.07 Å². The highest BCUT2D eigenvalue weighted by Crippen LogP contribution is 2.21. The van der Waals surface area contributed by atoms with Gasteiger partial charge in [0.05, 0.1) is 12.1 Å². The second kappa shape index (κ2) is 3.80. The molecule has 2 heterocycles. The molecular weight excluding hydrogens is 235 g/mol. The van der Waals surface area contributed by atoms with Crippen molar-refractivity contribution in [1.29, 1.82) is 0 Å². The highest BCUT2D eigenvalue weighted by Gasteiger charge is 2.14. The van der Waals surface area contributed by atoms with E-state index in [2.05, 4.69) is 15.2 Å². The lowest BCUT2D eigenvalue weighted by Crippen LogP contribution is -2.09. The average Bonchev–Trinajstić information content (AvgIpc) is 2.86. The van der Waals surface area contributed by atoms with Gasteiger partial charge in [-0.25, -0.2) is 9.37 Å².